The third-order valence-electron chi connectivity index (χ3n) is 5.76. The van der Waals surface area contributed by atoms with E-state index in [0.717, 1.165) is 11.8 Å². The van der Waals surface area contributed by atoms with Crippen LogP contribution >= 0.6 is 0 Å². The molecule has 0 fully saturated rings. The first-order valence-electron chi connectivity index (χ1n) is 9.20. The largest absolute Gasteiger partial charge is 0.0805 e. The van der Waals surface area contributed by atoms with Crippen molar-refractivity contribution in [2.75, 3.05) is 0 Å². The zero-order valence-electron chi connectivity index (χ0n) is 14.3. The quantitative estimate of drug-likeness (QED) is 0.587. The summed E-state index contributed by atoms with van der Waals surface area (Å²) in [5.74, 6) is 1.82. The van der Waals surface area contributed by atoms with E-state index in [1.165, 1.54) is 56.9 Å². The number of allylic oxidation sites excluding steroid dienone is 4. The van der Waals surface area contributed by atoms with Crippen LogP contribution in [-0.4, -0.2) is 0 Å². The second-order valence-corrected chi connectivity index (χ2v) is 7.26. The van der Waals surface area contributed by atoms with Crippen LogP contribution in [0.15, 0.2) is 42.0 Å². The highest BCUT2D eigenvalue weighted by atomic mass is 14.3. The van der Waals surface area contributed by atoms with E-state index in [0.29, 0.717) is 0 Å². The van der Waals surface area contributed by atoms with E-state index < -0.39 is 0 Å². The molecule has 0 heterocycles. The van der Waals surface area contributed by atoms with Gasteiger partial charge in [-0.15, -0.1) is 0 Å². The molecule has 0 N–H and O–H groups in total. The molecule has 1 aromatic rings. The van der Waals surface area contributed by atoms with Gasteiger partial charge < -0.3 is 0 Å². The van der Waals surface area contributed by atoms with Crippen molar-refractivity contribution < 1.29 is 0 Å². The molecule has 0 amide bonds. The lowest BCUT2D eigenvalue weighted by Crippen LogP contribution is -2.23. The average molecular weight is 294 g/mol. The van der Waals surface area contributed by atoms with Gasteiger partial charge in [-0.3, -0.25) is 0 Å². The zero-order chi connectivity index (χ0) is 15.4. The summed E-state index contributed by atoms with van der Waals surface area (Å²) in [5, 5.41) is 0. The molecule has 0 bridgehead atoms. The Hall–Kier alpha value is -1.30. The Balaban J connectivity index is 1.64. The number of rotatable bonds is 6. The number of aryl methyl sites for hydroxylation is 1. The molecule has 0 radical (unpaired) electrons. The van der Waals surface area contributed by atoms with Crippen molar-refractivity contribution in [2.45, 2.75) is 65.2 Å². The van der Waals surface area contributed by atoms with E-state index in [2.05, 4.69) is 50.3 Å². The number of hydrogen-bond donors (Lipinski definition) is 0. The molecule has 3 rings (SSSR count). The molecule has 0 nitrogen and oxygen atoms in total. The third kappa shape index (κ3) is 3.54. The van der Waals surface area contributed by atoms with Crippen molar-refractivity contribution in [2.24, 2.45) is 11.8 Å². The smallest absolute Gasteiger partial charge is 0.0133 e. The van der Waals surface area contributed by atoms with Crippen molar-refractivity contribution in [3.8, 4) is 0 Å². The van der Waals surface area contributed by atoms with E-state index in [9.17, 15) is 0 Å². The molecule has 2 aliphatic carbocycles. The van der Waals surface area contributed by atoms with Crippen LogP contribution in [0.2, 0.25) is 0 Å². The highest BCUT2D eigenvalue weighted by Gasteiger charge is 2.26. The maximum Gasteiger partial charge on any atom is -0.0133 e. The van der Waals surface area contributed by atoms with Crippen LogP contribution in [0.4, 0.5) is 0 Å². The number of fused-ring (bicyclic) bond motifs is 1. The summed E-state index contributed by atoms with van der Waals surface area (Å²) in [5.41, 5.74) is 6.44. The van der Waals surface area contributed by atoms with Crippen molar-refractivity contribution in [1.29, 1.82) is 0 Å². The predicted molar refractivity (Wildman–Crippen MR) is 96.2 cm³/mol. The number of benzene rings is 1. The van der Waals surface area contributed by atoms with Crippen LogP contribution in [0.25, 0.3) is 0 Å². The molecule has 118 valence electrons. The Kier molecular flexibility index (Phi) is 5.18. The third-order valence-corrected chi connectivity index (χ3v) is 5.76. The van der Waals surface area contributed by atoms with Crippen LogP contribution in [-0.2, 0) is 12.8 Å². The zero-order valence-corrected chi connectivity index (χ0v) is 14.3. The highest BCUT2D eigenvalue weighted by Crippen LogP contribution is 2.36. The molecular weight excluding hydrogens is 264 g/mol. The summed E-state index contributed by atoms with van der Waals surface area (Å²) in [6, 6.07) is 6.91. The second-order valence-electron chi connectivity index (χ2n) is 7.26. The van der Waals surface area contributed by atoms with Gasteiger partial charge in [-0.1, -0.05) is 61.8 Å². The summed E-state index contributed by atoms with van der Waals surface area (Å²) < 4.78 is 0. The Labute approximate surface area is 136 Å². The lowest BCUT2D eigenvalue weighted by molar-refractivity contribution is 0.264. The lowest BCUT2D eigenvalue weighted by atomic mass is 9.73. The first kappa shape index (κ1) is 15.6. The molecule has 0 saturated heterocycles. The maximum absolute atomic E-state index is 2.38. The van der Waals surface area contributed by atoms with E-state index >= 15 is 0 Å². The highest BCUT2D eigenvalue weighted by molar-refractivity contribution is 5.36. The van der Waals surface area contributed by atoms with Gasteiger partial charge in [-0.05, 0) is 74.0 Å². The van der Waals surface area contributed by atoms with Crippen molar-refractivity contribution >= 4 is 0 Å². The van der Waals surface area contributed by atoms with E-state index in [4.69, 9.17) is 0 Å². The SMILES string of the molecule is CCCC(CCC1=CC=CC1)[C@H]1CCc2c(C)cccc2C1. The Morgan fingerprint density at radius 3 is 2.91 bits per heavy atom. The minimum Gasteiger partial charge on any atom is -0.0805 e. The van der Waals surface area contributed by atoms with Gasteiger partial charge in [-0.25, -0.2) is 0 Å². The fourth-order valence-corrected chi connectivity index (χ4v) is 4.46. The Morgan fingerprint density at radius 1 is 1.23 bits per heavy atom. The summed E-state index contributed by atoms with van der Waals surface area (Å²) in [6.07, 6.45) is 17.5. The van der Waals surface area contributed by atoms with E-state index in [1.807, 2.05) is 0 Å². The van der Waals surface area contributed by atoms with Gasteiger partial charge in [0.25, 0.3) is 0 Å². The minimum atomic E-state index is 0.907. The topological polar surface area (TPSA) is 0 Å². The number of hydrogen-bond acceptors (Lipinski definition) is 0. The summed E-state index contributed by atoms with van der Waals surface area (Å²) >= 11 is 0. The predicted octanol–water partition coefficient (Wildman–Crippen LogP) is 6.18. The standard InChI is InChI=1S/C22H30/c1-3-7-19(13-12-18-9-4-5-10-18)20-14-15-22-17(2)8-6-11-21(22)16-20/h4-6,8-9,11,19-20H,3,7,10,12-16H2,1-2H3/t19?,20-/m0/s1. The maximum atomic E-state index is 2.38. The fourth-order valence-electron chi connectivity index (χ4n) is 4.46. The minimum absolute atomic E-state index is 0.907. The van der Waals surface area contributed by atoms with Crippen LogP contribution in [0.1, 0.15) is 62.1 Å². The second kappa shape index (κ2) is 7.31. The van der Waals surface area contributed by atoms with Crippen molar-refractivity contribution in [3.63, 3.8) is 0 Å². The first-order chi connectivity index (χ1) is 10.8. The van der Waals surface area contributed by atoms with Gasteiger partial charge >= 0.3 is 0 Å². The Morgan fingerprint density at radius 2 is 2.14 bits per heavy atom. The molecule has 22 heavy (non-hydrogen) atoms. The van der Waals surface area contributed by atoms with Gasteiger partial charge in [0.15, 0.2) is 0 Å². The summed E-state index contributed by atoms with van der Waals surface area (Å²) in [7, 11) is 0. The van der Waals surface area contributed by atoms with Gasteiger partial charge in [-0.2, -0.15) is 0 Å². The lowest BCUT2D eigenvalue weighted by Gasteiger charge is -2.32. The van der Waals surface area contributed by atoms with E-state index in [1.54, 1.807) is 16.7 Å². The van der Waals surface area contributed by atoms with Crippen LogP contribution < -0.4 is 0 Å². The molecule has 0 spiro atoms. The van der Waals surface area contributed by atoms with Gasteiger partial charge in [0.05, 0.1) is 0 Å². The van der Waals surface area contributed by atoms with Crippen LogP contribution in [0.3, 0.4) is 0 Å². The monoisotopic (exact) mass is 294 g/mol. The first-order valence-corrected chi connectivity index (χ1v) is 9.20. The molecule has 0 saturated carbocycles. The molecule has 0 heteroatoms. The van der Waals surface area contributed by atoms with Gasteiger partial charge in [0.2, 0.25) is 0 Å². The van der Waals surface area contributed by atoms with Gasteiger partial charge in [0, 0.05) is 0 Å². The van der Waals surface area contributed by atoms with Crippen molar-refractivity contribution in [3.05, 3.63) is 58.7 Å². The van der Waals surface area contributed by atoms with Crippen molar-refractivity contribution in [1.82, 2.24) is 0 Å². The Bertz CT molecular complexity index is 561. The molecular formula is C22H30. The van der Waals surface area contributed by atoms with Crippen LogP contribution in [0, 0.1) is 18.8 Å². The van der Waals surface area contributed by atoms with Gasteiger partial charge in [0.1, 0.15) is 0 Å². The molecule has 2 atom stereocenters. The molecule has 0 aliphatic heterocycles. The molecule has 2 aliphatic rings. The summed E-state index contributed by atoms with van der Waals surface area (Å²) in [6.45, 7) is 4.63. The normalized spacial score (nSPS) is 21.5. The molecule has 1 aromatic carbocycles. The van der Waals surface area contributed by atoms with E-state index in [-0.39, 0.29) is 0 Å². The van der Waals surface area contributed by atoms with Crippen LogP contribution in [0.5, 0.6) is 0 Å². The summed E-state index contributed by atoms with van der Waals surface area (Å²) in [4.78, 5) is 0. The molecule has 0 aromatic heterocycles. The average Bonchev–Trinajstić information content (AvgIpc) is 3.05. The fraction of sp³-hybridized carbons (Fsp3) is 0.545. The molecule has 1 unspecified atom stereocenters.